The Kier molecular flexibility index (Phi) is 2.08. The van der Waals surface area contributed by atoms with E-state index in [1.807, 2.05) is 0 Å². The number of hydrogen-bond donors (Lipinski definition) is 2. The van der Waals surface area contributed by atoms with Crippen LogP contribution in [0, 0.1) is 11.8 Å². The Morgan fingerprint density at radius 1 is 1.53 bits per heavy atom. The fourth-order valence-electron chi connectivity index (χ4n) is 3.12. The summed E-state index contributed by atoms with van der Waals surface area (Å²) in [7, 11) is 1.27. The Morgan fingerprint density at radius 2 is 2.24 bits per heavy atom. The second kappa shape index (κ2) is 3.22. The van der Waals surface area contributed by atoms with E-state index in [9.17, 15) is 15.0 Å². The first-order valence-corrected chi connectivity index (χ1v) is 5.48. The van der Waals surface area contributed by atoms with Crippen molar-refractivity contribution in [3.05, 3.63) is 11.8 Å². The fraction of sp³-hybridized carbons (Fsp3) is 0.727. The Bertz CT molecular complexity index is 405. The topological polar surface area (TPSA) is 88.5 Å². The van der Waals surface area contributed by atoms with Crippen LogP contribution in [0.1, 0.15) is 6.92 Å². The van der Waals surface area contributed by atoms with Crippen LogP contribution in [0.4, 0.5) is 0 Å². The van der Waals surface area contributed by atoms with Gasteiger partial charge in [0.2, 0.25) is 6.29 Å². The van der Waals surface area contributed by atoms with Crippen molar-refractivity contribution in [2.75, 3.05) is 7.11 Å². The zero-order valence-electron chi connectivity index (χ0n) is 9.49. The molecular weight excluding hydrogens is 228 g/mol. The van der Waals surface area contributed by atoms with Crippen molar-refractivity contribution < 1.29 is 29.2 Å². The molecule has 1 saturated carbocycles. The number of esters is 1. The van der Waals surface area contributed by atoms with Gasteiger partial charge in [0.25, 0.3) is 0 Å². The Labute approximate surface area is 97.8 Å². The summed E-state index contributed by atoms with van der Waals surface area (Å²) in [6.07, 6.45) is -1.05. The molecule has 0 unspecified atom stereocenters. The van der Waals surface area contributed by atoms with Crippen LogP contribution >= 0.6 is 0 Å². The maximum atomic E-state index is 11.6. The second-order valence-electron chi connectivity index (χ2n) is 4.86. The van der Waals surface area contributed by atoms with Crippen LogP contribution in [-0.4, -0.2) is 47.4 Å². The molecular formula is C11H14O6. The maximum absolute atomic E-state index is 11.6. The third kappa shape index (κ3) is 1.23. The molecule has 17 heavy (non-hydrogen) atoms. The van der Waals surface area contributed by atoms with Gasteiger partial charge in [-0.1, -0.05) is 0 Å². The number of fused-ring (bicyclic) bond motifs is 3. The van der Waals surface area contributed by atoms with Crippen molar-refractivity contribution in [3.63, 3.8) is 0 Å². The summed E-state index contributed by atoms with van der Waals surface area (Å²) in [6.45, 7) is 1.80. The lowest BCUT2D eigenvalue weighted by atomic mass is 9.81. The van der Waals surface area contributed by atoms with Gasteiger partial charge in [-0.3, -0.25) is 0 Å². The standard InChI is InChI=1S/C11H14O6/c1-11-6-5(7(12)8(11)17-11)4(9(13)15-2)3-16-10(6)14/h3,5-8,10,12,14H,1-2H3/t5-,6-,7+,8+,10-,11-/m1/s1. The molecule has 3 rings (SSSR count). The van der Waals surface area contributed by atoms with Crippen LogP contribution in [0.5, 0.6) is 0 Å². The Balaban J connectivity index is 1.98. The minimum absolute atomic E-state index is 0.257. The van der Waals surface area contributed by atoms with E-state index in [2.05, 4.69) is 4.74 Å². The molecule has 1 saturated heterocycles. The summed E-state index contributed by atoms with van der Waals surface area (Å²) < 4.78 is 15.1. The summed E-state index contributed by atoms with van der Waals surface area (Å²) in [5.41, 5.74) is -0.357. The summed E-state index contributed by atoms with van der Waals surface area (Å²) in [5, 5.41) is 19.9. The molecule has 1 aliphatic carbocycles. The number of methoxy groups -OCH3 is 1. The summed E-state index contributed by atoms with van der Waals surface area (Å²) in [5.74, 6) is -1.48. The van der Waals surface area contributed by atoms with Gasteiger partial charge >= 0.3 is 5.97 Å². The number of aliphatic hydroxyl groups is 2. The molecule has 0 aromatic heterocycles. The summed E-state index contributed by atoms with van der Waals surface area (Å²) in [4.78, 5) is 11.6. The molecule has 0 aromatic rings. The van der Waals surface area contributed by atoms with E-state index in [1.54, 1.807) is 6.92 Å². The van der Waals surface area contributed by atoms with Gasteiger partial charge < -0.3 is 24.4 Å². The predicted octanol–water partition coefficient (Wildman–Crippen LogP) is -0.844. The van der Waals surface area contributed by atoms with Gasteiger partial charge in [0, 0.05) is 5.92 Å². The summed E-state index contributed by atoms with van der Waals surface area (Å²) >= 11 is 0. The quantitative estimate of drug-likeness (QED) is 0.460. The average Bonchev–Trinajstić information content (AvgIpc) is 2.94. The number of carbonyl (C=O) groups is 1. The van der Waals surface area contributed by atoms with Crippen molar-refractivity contribution in [1.82, 2.24) is 0 Å². The smallest absolute Gasteiger partial charge is 0.337 e. The van der Waals surface area contributed by atoms with Crippen molar-refractivity contribution in [2.24, 2.45) is 11.8 Å². The van der Waals surface area contributed by atoms with Gasteiger partial charge in [-0.15, -0.1) is 0 Å². The van der Waals surface area contributed by atoms with Gasteiger partial charge in [0.1, 0.15) is 11.7 Å². The lowest BCUT2D eigenvalue weighted by Gasteiger charge is -2.34. The number of epoxide rings is 1. The van der Waals surface area contributed by atoms with E-state index < -0.39 is 35.8 Å². The number of hydrogen-bond acceptors (Lipinski definition) is 6. The van der Waals surface area contributed by atoms with E-state index in [-0.39, 0.29) is 11.7 Å². The first-order chi connectivity index (χ1) is 8.00. The Hall–Kier alpha value is -1.11. The molecule has 2 heterocycles. The Morgan fingerprint density at radius 3 is 2.88 bits per heavy atom. The van der Waals surface area contributed by atoms with Gasteiger partial charge in [-0.25, -0.2) is 4.79 Å². The first kappa shape index (κ1) is 11.0. The first-order valence-electron chi connectivity index (χ1n) is 5.48. The highest BCUT2D eigenvalue weighted by molar-refractivity contribution is 5.89. The maximum Gasteiger partial charge on any atom is 0.337 e. The van der Waals surface area contributed by atoms with Crippen molar-refractivity contribution in [2.45, 2.75) is 31.0 Å². The monoisotopic (exact) mass is 242 g/mol. The molecule has 0 spiro atoms. The zero-order valence-corrected chi connectivity index (χ0v) is 9.49. The molecule has 0 radical (unpaired) electrons. The predicted molar refractivity (Wildman–Crippen MR) is 53.5 cm³/mol. The van der Waals surface area contributed by atoms with E-state index in [0.29, 0.717) is 0 Å². The van der Waals surface area contributed by atoms with Gasteiger partial charge in [0.15, 0.2) is 0 Å². The van der Waals surface area contributed by atoms with E-state index in [1.165, 1.54) is 13.4 Å². The molecule has 94 valence electrons. The van der Waals surface area contributed by atoms with Crippen LogP contribution in [0.2, 0.25) is 0 Å². The van der Waals surface area contributed by atoms with Gasteiger partial charge in [-0.05, 0) is 6.92 Å². The molecule has 2 aliphatic heterocycles. The highest BCUT2D eigenvalue weighted by Crippen LogP contribution is 2.60. The molecule has 6 nitrogen and oxygen atoms in total. The third-order valence-electron chi connectivity index (χ3n) is 4.04. The largest absolute Gasteiger partial charge is 0.472 e. The summed E-state index contributed by atoms with van der Waals surface area (Å²) in [6, 6.07) is 0. The normalized spacial score (nSPS) is 50.8. The molecule has 0 bridgehead atoms. The minimum Gasteiger partial charge on any atom is -0.472 e. The van der Waals surface area contributed by atoms with Crippen LogP contribution in [0.3, 0.4) is 0 Å². The van der Waals surface area contributed by atoms with Crippen LogP contribution in [0.15, 0.2) is 11.8 Å². The number of rotatable bonds is 1. The molecule has 0 amide bonds. The van der Waals surface area contributed by atoms with Crippen LogP contribution in [-0.2, 0) is 19.0 Å². The minimum atomic E-state index is -1.07. The van der Waals surface area contributed by atoms with Crippen molar-refractivity contribution in [3.8, 4) is 0 Å². The molecule has 0 aromatic carbocycles. The molecule has 6 heteroatoms. The number of aliphatic hydroxyl groups excluding tert-OH is 2. The van der Waals surface area contributed by atoms with Crippen molar-refractivity contribution >= 4 is 5.97 Å². The zero-order chi connectivity index (χ0) is 12.4. The molecule has 2 fully saturated rings. The van der Waals surface area contributed by atoms with E-state index in [0.717, 1.165) is 0 Å². The molecule has 6 atom stereocenters. The van der Waals surface area contributed by atoms with Crippen LogP contribution < -0.4 is 0 Å². The third-order valence-corrected chi connectivity index (χ3v) is 4.04. The van der Waals surface area contributed by atoms with Gasteiger partial charge in [0.05, 0.1) is 31.0 Å². The highest BCUT2D eigenvalue weighted by atomic mass is 16.6. The average molecular weight is 242 g/mol. The van der Waals surface area contributed by atoms with E-state index in [4.69, 9.17) is 9.47 Å². The van der Waals surface area contributed by atoms with Gasteiger partial charge in [-0.2, -0.15) is 0 Å². The molecule has 3 aliphatic rings. The van der Waals surface area contributed by atoms with E-state index >= 15 is 0 Å². The number of carbonyl (C=O) groups excluding carboxylic acids is 1. The van der Waals surface area contributed by atoms with Crippen molar-refractivity contribution in [1.29, 1.82) is 0 Å². The fourth-order valence-corrected chi connectivity index (χ4v) is 3.12. The van der Waals surface area contributed by atoms with Crippen LogP contribution in [0.25, 0.3) is 0 Å². The SMILES string of the molecule is COC(=O)C1=CO[C@@H](O)[C@H]2[C@@H]1[C@H](O)[C@@H]1O[C@]21C. The molecule has 2 N–H and O–H groups in total. The lowest BCUT2D eigenvalue weighted by molar-refractivity contribution is -0.157. The second-order valence-corrected chi connectivity index (χ2v) is 4.86. The highest BCUT2D eigenvalue weighted by Gasteiger charge is 2.74. The number of ether oxygens (including phenoxy) is 3. The lowest BCUT2D eigenvalue weighted by Crippen LogP contribution is -2.43.